The molecule has 4 unspecified atom stereocenters. The molecule has 0 spiro atoms. The zero-order valence-corrected chi connectivity index (χ0v) is 11.1. The van der Waals surface area contributed by atoms with Crippen LogP contribution in [0.4, 0.5) is 16.2 Å². The summed E-state index contributed by atoms with van der Waals surface area (Å²) in [5.41, 5.74) is 0. The maximum Gasteiger partial charge on any atom is 0.224 e. The summed E-state index contributed by atoms with van der Waals surface area (Å²) in [6, 6.07) is 0.449. The summed E-state index contributed by atoms with van der Waals surface area (Å²) in [5.74, 6) is 3.83. The van der Waals surface area contributed by atoms with Gasteiger partial charge < -0.3 is 10.6 Å². The van der Waals surface area contributed by atoms with Crippen molar-refractivity contribution in [3.63, 3.8) is 0 Å². The average Bonchev–Trinajstić information content (AvgIpc) is 2.81. The van der Waals surface area contributed by atoms with Crippen LogP contribution < -0.4 is 10.6 Å². The summed E-state index contributed by atoms with van der Waals surface area (Å²) < 4.78 is 13.8. The first-order chi connectivity index (χ1) is 9.28. The van der Waals surface area contributed by atoms with Gasteiger partial charge in [0, 0.05) is 12.6 Å². The fraction of sp³-hybridized carbons (Fsp3) is 0.714. The number of nitrogens with one attached hydrogen (secondary N) is 2. The zero-order valence-electron chi connectivity index (χ0n) is 11.1. The maximum absolute atomic E-state index is 13.8. The summed E-state index contributed by atoms with van der Waals surface area (Å²) >= 11 is 0. The second-order valence-corrected chi connectivity index (χ2v) is 6.08. The van der Waals surface area contributed by atoms with Gasteiger partial charge in [0.2, 0.25) is 5.95 Å². The molecule has 0 aromatic carbocycles. The van der Waals surface area contributed by atoms with E-state index in [1.165, 1.54) is 25.5 Å². The molecule has 0 radical (unpaired) electrons. The van der Waals surface area contributed by atoms with Crippen LogP contribution in [0.1, 0.15) is 26.2 Å². The molecule has 4 atom stereocenters. The monoisotopic (exact) mass is 262 g/mol. The van der Waals surface area contributed by atoms with E-state index in [0.717, 1.165) is 30.2 Å². The summed E-state index contributed by atoms with van der Waals surface area (Å²) in [7, 11) is 0. The Labute approximate surface area is 112 Å². The van der Waals surface area contributed by atoms with E-state index in [1.807, 2.05) is 6.92 Å². The Bertz CT molecular complexity index is 490. The molecular weight excluding hydrogens is 243 g/mol. The van der Waals surface area contributed by atoms with E-state index in [2.05, 4.69) is 20.6 Å². The molecular formula is C14H19FN4. The lowest BCUT2D eigenvalue weighted by atomic mass is 10.0. The molecule has 0 saturated heterocycles. The molecule has 102 valence electrons. The smallest absolute Gasteiger partial charge is 0.224 e. The van der Waals surface area contributed by atoms with Gasteiger partial charge in [0.05, 0.1) is 6.20 Å². The molecule has 3 saturated carbocycles. The van der Waals surface area contributed by atoms with Gasteiger partial charge in [-0.15, -0.1) is 0 Å². The minimum absolute atomic E-state index is 0.348. The average molecular weight is 262 g/mol. The minimum atomic E-state index is -0.348. The van der Waals surface area contributed by atoms with Gasteiger partial charge >= 0.3 is 0 Å². The van der Waals surface area contributed by atoms with Crippen molar-refractivity contribution in [3.8, 4) is 0 Å². The van der Waals surface area contributed by atoms with Crippen molar-refractivity contribution in [2.75, 3.05) is 17.2 Å². The molecule has 4 nitrogen and oxygen atoms in total. The fourth-order valence-electron chi connectivity index (χ4n) is 4.39. The number of fused-ring (bicyclic) bond motifs is 5. The highest BCUT2D eigenvalue weighted by atomic mass is 19.1. The molecule has 3 aliphatic rings. The third-order valence-corrected chi connectivity index (χ3v) is 5.12. The highest BCUT2D eigenvalue weighted by molar-refractivity contribution is 5.44. The highest BCUT2D eigenvalue weighted by Crippen LogP contribution is 2.66. The molecule has 1 heterocycles. The first kappa shape index (κ1) is 11.4. The van der Waals surface area contributed by atoms with Crippen molar-refractivity contribution in [1.82, 2.24) is 9.97 Å². The summed E-state index contributed by atoms with van der Waals surface area (Å²) in [6.45, 7) is 2.71. The van der Waals surface area contributed by atoms with E-state index in [9.17, 15) is 4.39 Å². The second-order valence-electron chi connectivity index (χ2n) is 6.08. The number of rotatable bonds is 4. The Balaban J connectivity index is 1.50. The molecule has 19 heavy (non-hydrogen) atoms. The molecule has 1 aromatic heterocycles. The van der Waals surface area contributed by atoms with Crippen LogP contribution in [0, 0.1) is 29.5 Å². The SMILES string of the molecule is CCNc1ncc(F)c(NC2C3C4CCC(C4)C23)n1. The predicted molar refractivity (Wildman–Crippen MR) is 71.4 cm³/mol. The van der Waals surface area contributed by atoms with Gasteiger partial charge in [-0.25, -0.2) is 9.37 Å². The molecule has 0 aliphatic heterocycles. The van der Waals surface area contributed by atoms with Gasteiger partial charge in [0.1, 0.15) is 0 Å². The van der Waals surface area contributed by atoms with Crippen LogP contribution in [0.3, 0.4) is 0 Å². The summed E-state index contributed by atoms with van der Waals surface area (Å²) in [5, 5.41) is 6.34. The van der Waals surface area contributed by atoms with E-state index in [0.29, 0.717) is 17.8 Å². The van der Waals surface area contributed by atoms with Crippen LogP contribution in [-0.2, 0) is 0 Å². The Kier molecular flexibility index (Phi) is 2.44. The number of halogens is 1. The molecule has 2 bridgehead atoms. The van der Waals surface area contributed by atoms with Crippen LogP contribution in [0.15, 0.2) is 6.20 Å². The predicted octanol–water partition coefficient (Wildman–Crippen LogP) is 2.50. The van der Waals surface area contributed by atoms with Gasteiger partial charge in [0.15, 0.2) is 11.6 Å². The number of hydrogen-bond donors (Lipinski definition) is 2. The third-order valence-electron chi connectivity index (χ3n) is 5.12. The van der Waals surface area contributed by atoms with Crippen LogP contribution in [0.2, 0.25) is 0 Å². The summed E-state index contributed by atoms with van der Waals surface area (Å²) in [6.07, 6.45) is 5.40. The lowest BCUT2D eigenvalue weighted by Crippen LogP contribution is -2.16. The van der Waals surface area contributed by atoms with Crippen LogP contribution in [0.25, 0.3) is 0 Å². The topological polar surface area (TPSA) is 49.8 Å². The van der Waals surface area contributed by atoms with Gasteiger partial charge in [0.25, 0.3) is 0 Å². The van der Waals surface area contributed by atoms with Crippen molar-refractivity contribution >= 4 is 11.8 Å². The van der Waals surface area contributed by atoms with Gasteiger partial charge in [-0.2, -0.15) is 4.98 Å². The van der Waals surface area contributed by atoms with Crippen LogP contribution in [0.5, 0.6) is 0 Å². The van der Waals surface area contributed by atoms with Gasteiger partial charge in [-0.05, 0) is 49.9 Å². The largest absolute Gasteiger partial charge is 0.364 e. The van der Waals surface area contributed by atoms with E-state index in [4.69, 9.17) is 0 Å². The zero-order chi connectivity index (χ0) is 13.0. The summed E-state index contributed by atoms with van der Waals surface area (Å²) in [4.78, 5) is 8.17. The standard InChI is InChI=1S/C14H19FN4/c1-2-16-14-17-6-9(15)13(19-14)18-12-10-7-3-4-8(5-7)11(10)12/h6-8,10-12H,2-5H2,1H3,(H2,16,17,18,19). The lowest BCUT2D eigenvalue weighted by molar-refractivity contribution is 0.456. The van der Waals surface area contributed by atoms with Crippen LogP contribution >= 0.6 is 0 Å². The molecule has 5 heteroatoms. The minimum Gasteiger partial charge on any atom is -0.364 e. The normalized spacial score (nSPS) is 38.1. The molecule has 3 fully saturated rings. The van der Waals surface area contributed by atoms with Crippen molar-refractivity contribution in [2.24, 2.45) is 23.7 Å². The molecule has 4 rings (SSSR count). The van der Waals surface area contributed by atoms with Crippen molar-refractivity contribution in [3.05, 3.63) is 12.0 Å². The van der Waals surface area contributed by atoms with Crippen molar-refractivity contribution < 1.29 is 4.39 Å². The fourth-order valence-corrected chi connectivity index (χ4v) is 4.39. The maximum atomic E-state index is 13.8. The Morgan fingerprint density at radius 1 is 1.32 bits per heavy atom. The quantitative estimate of drug-likeness (QED) is 0.875. The van der Waals surface area contributed by atoms with E-state index in [1.54, 1.807) is 0 Å². The molecule has 1 aromatic rings. The lowest BCUT2D eigenvalue weighted by Gasteiger charge is -2.12. The van der Waals surface area contributed by atoms with Gasteiger partial charge in [-0.3, -0.25) is 0 Å². The van der Waals surface area contributed by atoms with Crippen LogP contribution in [-0.4, -0.2) is 22.6 Å². The third kappa shape index (κ3) is 1.70. The Morgan fingerprint density at radius 3 is 2.74 bits per heavy atom. The molecule has 0 amide bonds. The number of anilines is 2. The van der Waals surface area contributed by atoms with Crippen molar-refractivity contribution in [2.45, 2.75) is 32.2 Å². The van der Waals surface area contributed by atoms with E-state index in [-0.39, 0.29) is 5.82 Å². The number of nitrogens with zero attached hydrogens (tertiary/aromatic N) is 2. The van der Waals surface area contributed by atoms with E-state index >= 15 is 0 Å². The Morgan fingerprint density at radius 2 is 2.05 bits per heavy atom. The highest BCUT2D eigenvalue weighted by Gasteiger charge is 2.65. The Hall–Kier alpha value is -1.39. The number of hydrogen-bond acceptors (Lipinski definition) is 4. The first-order valence-electron chi connectivity index (χ1n) is 7.31. The number of aromatic nitrogens is 2. The van der Waals surface area contributed by atoms with E-state index < -0.39 is 0 Å². The van der Waals surface area contributed by atoms with Gasteiger partial charge in [-0.1, -0.05) is 0 Å². The van der Waals surface area contributed by atoms with Crippen molar-refractivity contribution in [1.29, 1.82) is 0 Å². The molecule has 2 N–H and O–H groups in total. The first-order valence-corrected chi connectivity index (χ1v) is 7.31. The second kappa shape index (κ2) is 4.05. The molecule has 3 aliphatic carbocycles.